The molecule has 0 bridgehead atoms. The lowest BCUT2D eigenvalue weighted by atomic mass is 10.1. The number of aryl methyl sites for hydroxylation is 1. The second-order valence-corrected chi connectivity index (χ2v) is 6.51. The quantitative estimate of drug-likeness (QED) is 0.537. The molecule has 1 atom stereocenters. The zero-order valence-electron chi connectivity index (χ0n) is 9.11. The Morgan fingerprint density at radius 3 is 2.47 bits per heavy atom. The molecular formula is C13H10Br2OS. The van der Waals surface area contributed by atoms with Gasteiger partial charge in [0.05, 0.1) is 4.88 Å². The van der Waals surface area contributed by atoms with Crippen molar-refractivity contribution >= 4 is 49.0 Å². The lowest BCUT2D eigenvalue weighted by Gasteiger charge is -2.07. The summed E-state index contributed by atoms with van der Waals surface area (Å²) in [5.41, 5.74) is 2.11. The molecular weight excluding hydrogens is 364 g/mol. The number of hydrogen-bond donors (Lipinski definition) is 0. The van der Waals surface area contributed by atoms with Gasteiger partial charge in [-0.05, 0) is 41.6 Å². The molecule has 17 heavy (non-hydrogen) atoms. The van der Waals surface area contributed by atoms with Crippen LogP contribution in [0.15, 0.2) is 40.2 Å². The van der Waals surface area contributed by atoms with Crippen LogP contribution >= 0.6 is 43.2 Å². The van der Waals surface area contributed by atoms with Gasteiger partial charge in [-0.1, -0.05) is 44.0 Å². The SMILES string of the molecule is Cc1csc(C(=O)C(Br)c2ccc(Br)cc2)c1. The van der Waals surface area contributed by atoms with Crippen molar-refractivity contribution in [3.05, 3.63) is 56.2 Å². The maximum atomic E-state index is 12.2. The molecule has 0 saturated heterocycles. The zero-order valence-corrected chi connectivity index (χ0v) is 13.1. The van der Waals surface area contributed by atoms with Crippen molar-refractivity contribution in [2.45, 2.75) is 11.8 Å². The topological polar surface area (TPSA) is 17.1 Å². The smallest absolute Gasteiger partial charge is 0.190 e. The molecule has 1 aromatic carbocycles. The van der Waals surface area contributed by atoms with E-state index >= 15 is 0 Å². The molecule has 1 heterocycles. The van der Waals surface area contributed by atoms with Gasteiger partial charge in [-0.2, -0.15) is 0 Å². The highest BCUT2D eigenvalue weighted by atomic mass is 79.9. The molecule has 2 rings (SSSR count). The summed E-state index contributed by atoms with van der Waals surface area (Å²) in [5.74, 6) is 0.116. The molecule has 0 aliphatic carbocycles. The summed E-state index contributed by atoms with van der Waals surface area (Å²) in [6, 6.07) is 9.71. The van der Waals surface area contributed by atoms with Crippen molar-refractivity contribution in [3.63, 3.8) is 0 Å². The molecule has 0 spiro atoms. The van der Waals surface area contributed by atoms with Gasteiger partial charge in [0.2, 0.25) is 0 Å². The first-order valence-electron chi connectivity index (χ1n) is 5.07. The van der Waals surface area contributed by atoms with E-state index in [1.54, 1.807) is 0 Å². The molecule has 4 heteroatoms. The van der Waals surface area contributed by atoms with Crippen LogP contribution in [-0.4, -0.2) is 5.78 Å². The van der Waals surface area contributed by atoms with Gasteiger partial charge in [0.1, 0.15) is 4.83 Å². The predicted molar refractivity (Wildman–Crippen MR) is 79.2 cm³/mol. The molecule has 0 fully saturated rings. The van der Waals surface area contributed by atoms with Crippen molar-refractivity contribution < 1.29 is 4.79 Å². The number of thiophene rings is 1. The molecule has 2 aromatic rings. The molecule has 0 aliphatic heterocycles. The number of Topliss-reactive ketones (excluding diaryl/α,β-unsaturated/α-hetero) is 1. The van der Waals surface area contributed by atoms with Crippen LogP contribution in [-0.2, 0) is 0 Å². The van der Waals surface area contributed by atoms with Gasteiger partial charge < -0.3 is 0 Å². The van der Waals surface area contributed by atoms with Gasteiger partial charge in [-0.3, -0.25) is 4.79 Å². The van der Waals surface area contributed by atoms with Crippen molar-refractivity contribution in [2.24, 2.45) is 0 Å². The van der Waals surface area contributed by atoms with Crippen LogP contribution in [0, 0.1) is 6.92 Å². The number of carbonyl (C=O) groups is 1. The third kappa shape index (κ3) is 3.06. The molecule has 0 N–H and O–H groups in total. The molecule has 88 valence electrons. The van der Waals surface area contributed by atoms with Crippen molar-refractivity contribution in [1.29, 1.82) is 0 Å². The third-order valence-corrected chi connectivity index (χ3v) is 4.90. The summed E-state index contributed by atoms with van der Waals surface area (Å²) in [6.07, 6.45) is 0. The number of benzene rings is 1. The summed E-state index contributed by atoms with van der Waals surface area (Å²) < 4.78 is 1.01. The molecule has 1 aromatic heterocycles. The van der Waals surface area contributed by atoms with E-state index in [0.29, 0.717) is 0 Å². The Hall–Kier alpha value is -0.450. The Morgan fingerprint density at radius 2 is 1.94 bits per heavy atom. The first kappa shape index (κ1) is 13.0. The highest BCUT2D eigenvalue weighted by Crippen LogP contribution is 2.30. The fraction of sp³-hybridized carbons (Fsp3) is 0.154. The van der Waals surface area contributed by atoms with Crippen LogP contribution in [0.1, 0.15) is 25.6 Å². The van der Waals surface area contributed by atoms with E-state index in [0.717, 1.165) is 20.5 Å². The van der Waals surface area contributed by atoms with Gasteiger partial charge in [-0.15, -0.1) is 11.3 Å². The highest BCUT2D eigenvalue weighted by Gasteiger charge is 2.20. The maximum Gasteiger partial charge on any atom is 0.190 e. The van der Waals surface area contributed by atoms with Gasteiger partial charge in [0, 0.05) is 4.47 Å². The second kappa shape index (κ2) is 5.46. The van der Waals surface area contributed by atoms with E-state index < -0.39 is 0 Å². The lowest BCUT2D eigenvalue weighted by molar-refractivity contribution is 0.0995. The molecule has 1 unspecified atom stereocenters. The Labute approximate surface area is 121 Å². The molecule has 0 amide bonds. The van der Waals surface area contributed by atoms with Crippen molar-refractivity contribution in [1.82, 2.24) is 0 Å². The highest BCUT2D eigenvalue weighted by molar-refractivity contribution is 9.10. The van der Waals surface area contributed by atoms with Crippen LogP contribution in [0.2, 0.25) is 0 Å². The van der Waals surface area contributed by atoms with Crippen LogP contribution < -0.4 is 0 Å². The largest absolute Gasteiger partial charge is 0.292 e. The van der Waals surface area contributed by atoms with E-state index in [2.05, 4.69) is 31.9 Å². The first-order chi connectivity index (χ1) is 8.08. The average Bonchev–Trinajstić information content (AvgIpc) is 2.75. The summed E-state index contributed by atoms with van der Waals surface area (Å²) >= 11 is 8.34. The van der Waals surface area contributed by atoms with E-state index in [1.807, 2.05) is 42.6 Å². The lowest BCUT2D eigenvalue weighted by Crippen LogP contribution is -2.04. The van der Waals surface area contributed by atoms with Crippen LogP contribution in [0.4, 0.5) is 0 Å². The van der Waals surface area contributed by atoms with Crippen molar-refractivity contribution in [2.75, 3.05) is 0 Å². The first-order valence-corrected chi connectivity index (χ1v) is 7.65. The fourth-order valence-electron chi connectivity index (χ4n) is 1.47. The van der Waals surface area contributed by atoms with Gasteiger partial charge in [-0.25, -0.2) is 0 Å². The zero-order chi connectivity index (χ0) is 12.4. The molecule has 0 radical (unpaired) electrons. The minimum Gasteiger partial charge on any atom is -0.292 e. The van der Waals surface area contributed by atoms with Crippen LogP contribution in [0.25, 0.3) is 0 Å². The molecule has 0 saturated carbocycles. The average molecular weight is 374 g/mol. The van der Waals surface area contributed by atoms with E-state index in [-0.39, 0.29) is 10.6 Å². The summed E-state index contributed by atoms with van der Waals surface area (Å²) in [7, 11) is 0. The van der Waals surface area contributed by atoms with E-state index in [9.17, 15) is 4.79 Å². The molecule has 0 aliphatic rings. The fourth-order valence-corrected chi connectivity index (χ4v) is 3.31. The van der Waals surface area contributed by atoms with Crippen LogP contribution in [0.5, 0.6) is 0 Å². The number of alkyl halides is 1. The summed E-state index contributed by atoms with van der Waals surface area (Å²) in [6.45, 7) is 2.00. The van der Waals surface area contributed by atoms with Crippen molar-refractivity contribution in [3.8, 4) is 0 Å². The number of halogens is 2. The van der Waals surface area contributed by atoms with Gasteiger partial charge in [0.25, 0.3) is 0 Å². The van der Waals surface area contributed by atoms with E-state index in [1.165, 1.54) is 11.3 Å². The Kier molecular flexibility index (Phi) is 4.17. The monoisotopic (exact) mass is 372 g/mol. The number of hydrogen-bond acceptors (Lipinski definition) is 2. The molecule has 1 nitrogen and oxygen atoms in total. The van der Waals surface area contributed by atoms with Gasteiger partial charge >= 0.3 is 0 Å². The third-order valence-electron chi connectivity index (χ3n) is 2.37. The Bertz CT molecular complexity index is 531. The summed E-state index contributed by atoms with van der Waals surface area (Å²) in [5, 5.41) is 1.99. The Morgan fingerprint density at radius 1 is 1.29 bits per heavy atom. The van der Waals surface area contributed by atoms with Crippen LogP contribution in [0.3, 0.4) is 0 Å². The summed E-state index contributed by atoms with van der Waals surface area (Å²) in [4.78, 5) is 12.7. The Balaban J connectivity index is 2.23. The standard InChI is InChI=1S/C13H10Br2OS/c1-8-6-11(17-7-8)13(16)12(15)9-2-4-10(14)5-3-9/h2-7,12H,1H3. The minimum atomic E-state index is -0.270. The maximum absolute atomic E-state index is 12.2. The van der Waals surface area contributed by atoms with Gasteiger partial charge in [0.15, 0.2) is 5.78 Å². The second-order valence-electron chi connectivity index (χ2n) is 3.77. The minimum absolute atomic E-state index is 0.116. The number of ketones is 1. The predicted octanol–water partition coefficient (Wildman–Crippen LogP) is 5.14. The number of rotatable bonds is 3. The van der Waals surface area contributed by atoms with E-state index in [4.69, 9.17) is 0 Å². The normalized spacial score (nSPS) is 12.4. The number of carbonyl (C=O) groups excluding carboxylic acids is 1.